The van der Waals surface area contributed by atoms with E-state index < -0.39 is 0 Å². The third kappa shape index (κ3) is 3.36. The molecule has 0 spiro atoms. The van der Waals surface area contributed by atoms with Crippen molar-refractivity contribution in [1.29, 1.82) is 0 Å². The molecule has 4 fully saturated rings. The van der Waals surface area contributed by atoms with Crippen LogP contribution in [0.25, 0.3) is 0 Å². The molecular formula is C21H31N2O+. The quantitative estimate of drug-likeness (QED) is 0.799. The fraction of sp³-hybridized carbons (Fsp3) is 0.714. The Hall–Kier alpha value is -1.38. The molecule has 4 saturated carbocycles. The van der Waals surface area contributed by atoms with Crippen molar-refractivity contribution >= 4 is 5.91 Å². The first-order valence-corrected chi connectivity index (χ1v) is 9.89. The van der Waals surface area contributed by atoms with E-state index in [9.17, 15) is 4.79 Å². The van der Waals surface area contributed by atoms with E-state index in [0.29, 0.717) is 12.0 Å². The highest BCUT2D eigenvalue weighted by Gasteiger charge is 2.50. The number of carbonyl (C=O) groups excluding carboxylic acids is 1. The second-order valence-electron chi connectivity index (χ2n) is 8.82. The van der Waals surface area contributed by atoms with Gasteiger partial charge in [-0.2, -0.15) is 4.57 Å². The zero-order valence-electron chi connectivity index (χ0n) is 15.0. The molecule has 3 heteroatoms. The van der Waals surface area contributed by atoms with Crippen LogP contribution in [0.4, 0.5) is 0 Å². The van der Waals surface area contributed by atoms with Crippen LogP contribution in [0.5, 0.6) is 0 Å². The lowest BCUT2D eigenvalue weighted by atomic mass is 9.49. The Morgan fingerprint density at radius 1 is 1.12 bits per heavy atom. The number of nitrogens with zero attached hydrogens (tertiary/aromatic N) is 1. The highest BCUT2D eigenvalue weighted by molar-refractivity contribution is 5.74. The number of carbonyl (C=O) groups is 1. The van der Waals surface area contributed by atoms with Crippen molar-refractivity contribution in [2.24, 2.45) is 23.2 Å². The summed E-state index contributed by atoms with van der Waals surface area (Å²) in [5, 5.41) is 3.27. The van der Waals surface area contributed by atoms with Crippen LogP contribution in [-0.2, 0) is 17.8 Å². The molecule has 0 aliphatic heterocycles. The molecule has 0 saturated heterocycles. The summed E-state index contributed by atoms with van der Waals surface area (Å²) in [5.74, 6) is 3.02. The van der Waals surface area contributed by atoms with Gasteiger partial charge in [0.25, 0.3) is 5.91 Å². The predicted octanol–water partition coefficient (Wildman–Crippen LogP) is 3.26. The maximum Gasteiger partial charge on any atom is 0.286 e. The molecule has 0 radical (unpaired) electrons. The van der Waals surface area contributed by atoms with Crippen LogP contribution in [0, 0.1) is 23.2 Å². The Morgan fingerprint density at radius 2 is 1.71 bits per heavy atom. The molecule has 0 atom stereocenters. The summed E-state index contributed by atoms with van der Waals surface area (Å²) in [5.41, 5.74) is 1.78. The number of hydrogen-bond donors (Lipinski definition) is 1. The van der Waals surface area contributed by atoms with Gasteiger partial charge in [0.05, 0.1) is 0 Å². The Kier molecular flexibility index (Phi) is 4.36. The number of pyridine rings is 1. The summed E-state index contributed by atoms with van der Waals surface area (Å²) < 4.78 is 1.99. The maximum atomic E-state index is 12.4. The Morgan fingerprint density at radius 3 is 2.25 bits per heavy atom. The van der Waals surface area contributed by atoms with E-state index in [2.05, 4.69) is 24.4 Å². The van der Waals surface area contributed by atoms with Crippen molar-refractivity contribution in [3.05, 3.63) is 30.1 Å². The molecule has 1 amide bonds. The molecule has 3 nitrogen and oxygen atoms in total. The number of aryl methyl sites for hydroxylation is 1. The van der Waals surface area contributed by atoms with Crippen molar-refractivity contribution in [2.45, 2.75) is 64.8 Å². The first-order valence-electron chi connectivity index (χ1n) is 9.89. The highest BCUT2D eigenvalue weighted by atomic mass is 16.1. The molecule has 4 bridgehead atoms. The summed E-state index contributed by atoms with van der Waals surface area (Å²) in [6, 6.07) is 4.27. The summed E-state index contributed by atoms with van der Waals surface area (Å²) in [4.78, 5) is 12.4. The van der Waals surface area contributed by atoms with E-state index in [-0.39, 0.29) is 5.91 Å². The van der Waals surface area contributed by atoms with Crippen LogP contribution in [0.15, 0.2) is 24.5 Å². The number of amides is 1. The van der Waals surface area contributed by atoms with Gasteiger partial charge in [-0.1, -0.05) is 13.3 Å². The van der Waals surface area contributed by atoms with Gasteiger partial charge in [0.2, 0.25) is 6.54 Å². The Bertz CT molecular complexity index is 557. The number of aromatic nitrogens is 1. The van der Waals surface area contributed by atoms with Gasteiger partial charge in [0, 0.05) is 18.7 Å². The molecule has 4 aliphatic rings. The lowest BCUT2D eigenvalue weighted by molar-refractivity contribution is -0.684. The fourth-order valence-electron chi connectivity index (χ4n) is 6.06. The van der Waals surface area contributed by atoms with Crippen LogP contribution < -0.4 is 9.88 Å². The second-order valence-corrected chi connectivity index (χ2v) is 8.82. The van der Waals surface area contributed by atoms with Gasteiger partial charge < -0.3 is 5.32 Å². The fourth-order valence-corrected chi connectivity index (χ4v) is 6.06. The SMILES string of the molecule is CCCc1cc[n+](CC(=O)NCC23CC4CC(CC(C4)C2)C3)cc1. The van der Waals surface area contributed by atoms with E-state index >= 15 is 0 Å². The zero-order chi connectivity index (χ0) is 16.6. The normalized spacial score (nSPS) is 33.6. The lowest BCUT2D eigenvalue weighted by Crippen LogP contribution is -2.52. The van der Waals surface area contributed by atoms with Crippen molar-refractivity contribution in [3.63, 3.8) is 0 Å². The Labute approximate surface area is 145 Å². The molecule has 130 valence electrons. The third-order valence-electron chi connectivity index (χ3n) is 6.65. The molecule has 5 rings (SSSR count). The summed E-state index contributed by atoms with van der Waals surface area (Å²) in [6.45, 7) is 3.54. The first-order chi connectivity index (χ1) is 11.6. The van der Waals surface area contributed by atoms with E-state index in [1.165, 1.54) is 44.1 Å². The molecule has 0 unspecified atom stereocenters. The maximum absolute atomic E-state index is 12.4. The van der Waals surface area contributed by atoms with Gasteiger partial charge in [0.15, 0.2) is 12.4 Å². The zero-order valence-corrected chi connectivity index (χ0v) is 15.0. The van der Waals surface area contributed by atoms with Crippen molar-refractivity contribution < 1.29 is 9.36 Å². The number of rotatable bonds is 6. The molecule has 1 N–H and O–H groups in total. The monoisotopic (exact) mass is 327 g/mol. The largest absolute Gasteiger partial charge is 0.350 e. The van der Waals surface area contributed by atoms with Crippen molar-refractivity contribution in [1.82, 2.24) is 5.32 Å². The molecule has 24 heavy (non-hydrogen) atoms. The van der Waals surface area contributed by atoms with E-state index in [4.69, 9.17) is 0 Å². The molecule has 1 aromatic rings. The van der Waals surface area contributed by atoms with Gasteiger partial charge >= 0.3 is 0 Å². The molecule has 1 aromatic heterocycles. The minimum atomic E-state index is 0.166. The number of hydrogen-bond acceptors (Lipinski definition) is 1. The average Bonchev–Trinajstić information content (AvgIpc) is 2.54. The minimum Gasteiger partial charge on any atom is -0.350 e. The van der Waals surface area contributed by atoms with Crippen LogP contribution in [0.2, 0.25) is 0 Å². The van der Waals surface area contributed by atoms with Crippen LogP contribution in [-0.4, -0.2) is 12.5 Å². The van der Waals surface area contributed by atoms with Gasteiger partial charge in [-0.05, 0) is 73.7 Å². The first kappa shape index (κ1) is 16.1. The predicted molar refractivity (Wildman–Crippen MR) is 94.2 cm³/mol. The molecule has 0 aromatic carbocycles. The highest BCUT2D eigenvalue weighted by Crippen LogP contribution is 2.59. The van der Waals surface area contributed by atoms with Gasteiger partial charge in [-0.3, -0.25) is 4.79 Å². The van der Waals surface area contributed by atoms with Crippen LogP contribution >= 0.6 is 0 Å². The van der Waals surface area contributed by atoms with E-state index in [1.54, 1.807) is 0 Å². The van der Waals surface area contributed by atoms with Crippen molar-refractivity contribution in [3.8, 4) is 0 Å². The van der Waals surface area contributed by atoms with E-state index in [0.717, 1.165) is 37.1 Å². The summed E-state index contributed by atoms with van der Waals surface area (Å²) >= 11 is 0. The number of nitrogens with one attached hydrogen (secondary N) is 1. The van der Waals surface area contributed by atoms with Gasteiger partial charge in [0.1, 0.15) is 0 Å². The molecule has 1 heterocycles. The molecule has 4 aliphatic carbocycles. The topological polar surface area (TPSA) is 33.0 Å². The van der Waals surface area contributed by atoms with Crippen molar-refractivity contribution in [2.75, 3.05) is 6.54 Å². The summed E-state index contributed by atoms with van der Waals surface area (Å²) in [6.07, 6.45) is 14.8. The summed E-state index contributed by atoms with van der Waals surface area (Å²) in [7, 11) is 0. The van der Waals surface area contributed by atoms with E-state index in [1.807, 2.05) is 17.0 Å². The minimum absolute atomic E-state index is 0.166. The van der Waals surface area contributed by atoms with Gasteiger partial charge in [-0.15, -0.1) is 0 Å². The van der Waals surface area contributed by atoms with Crippen LogP contribution in [0.1, 0.15) is 57.4 Å². The second kappa shape index (κ2) is 6.50. The van der Waals surface area contributed by atoms with Gasteiger partial charge in [-0.25, -0.2) is 0 Å². The Balaban J connectivity index is 1.30. The lowest BCUT2D eigenvalue weighted by Gasteiger charge is -2.56. The van der Waals surface area contributed by atoms with Crippen LogP contribution in [0.3, 0.4) is 0 Å². The standard InChI is InChI=1S/C21H30N2O/c1-2-3-16-4-6-23(7-5-16)14-20(24)22-15-21-11-17-8-18(12-21)10-19(9-17)13-21/h4-7,17-19H,2-3,8-15H2,1H3/p+1. The third-order valence-corrected chi connectivity index (χ3v) is 6.65. The molecular weight excluding hydrogens is 296 g/mol. The average molecular weight is 327 g/mol. The smallest absolute Gasteiger partial charge is 0.286 e.